The lowest BCUT2D eigenvalue weighted by Gasteiger charge is -2.12. The Hall–Kier alpha value is -2.03. The van der Waals surface area contributed by atoms with E-state index in [0.29, 0.717) is 0 Å². The Morgan fingerprint density at radius 2 is 2.00 bits per heavy atom. The Morgan fingerprint density at radius 3 is 2.50 bits per heavy atom. The van der Waals surface area contributed by atoms with Crippen LogP contribution in [-0.2, 0) is 19.1 Å². The maximum atomic E-state index is 11.4. The Morgan fingerprint density at radius 1 is 1.33 bits per heavy atom. The number of nitrogens with one attached hydrogen (secondary N) is 1. The summed E-state index contributed by atoms with van der Waals surface area (Å²) in [7, 11) is 0. The molecule has 100 valence electrons. The molecule has 0 saturated heterocycles. The van der Waals surface area contributed by atoms with Crippen LogP contribution in [-0.4, -0.2) is 30.4 Å². The van der Waals surface area contributed by atoms with Gasteiger partial charge in [0, 0.05) is 12.8 Å². The first-order valence-corrected chi connectivity index (χ1v) is 5.65. The van der Waals surface area contributed by atoms with E-state index in [2.05, 4.69) is 17.2 Å². The van der Waals surface area contributed by atoms with Crippen LogP contribution in [0.1, 0.15) is 33.1 Å². The highest BCUT2D eigenvalue weighted by atomic mass is 16.5. The number of carbonyl (C=O) groups is 3. The fraction of sp³-hybridized carbons (Fsp3) is 0.583. The molecule has 0 rings (SSSR count). The highest BCUT2D eigenvalue weighted by Crippen LogP contribution is 1.97. The second-order valence-electron chi connectivity index (χ2n) is 3.49. The van der Waals surface area contributed by atoms with Crippen molar-refractivity contribution in [1.82, 2.24) is 5.32 Å². The van der Waals surface area contributed by atoms with Gasteiger partial charge in [0.15, 0.2) is 0 Å². The number of nitrogens with two attached hydrogens (primary N) is 1. The molecule has 3 N–H and O–H groups in total. The Labute approximate surface area is 106 Å². The zero-order valence-electron chi connectivity index (χ0n) is 10.6. The summed E-state index contributed by atoms with van der Waals surface area (Å²) >= 11 is 0. The van der Waals surface area contributed by atoms with Crippen molar-refractivity contribution >= 4 is 17.8 Å². The van der Waals surface area contributed by atoms with Crippen molar-refractivity contribution in [3.05, 3.63) is 0 Å². The van der Waals surface area contributed by atoms with Crippen molar-refractivity contribution in [2.24, 2.45) is 5.73 Å². The van der Waals surface area contributed by atoms with E-state index in [1.165, 1.54) is 0 Å². The molecule has 0 aromatic carbocycles. The number of esters is 1. The van der Waals surface area contributed by atoms with Crippen LogP contribution >= 0.6 is 0 Å². The first kappa shape index (κ1) is 16.0. The third kappa shape index (κ3) is 8.16. The summed E-state index contributed by atoms with van der Waals surface area (Å²) in [6.07, 6.45) is -0.0610. The Balaban J connectivity index is 4.25. The first-order chi connectivity index (χ1) is 8.49. The van der Waals surface area contributed by atoms with Crippen molar-refractivity contribution in [1.29, 1.82) is 0 Å². The normalized spacial score (nSPS) is 10.8. The maximum Gasteiger partial charge on any atom is 0.308 e. The molecule has 6 nitrogen and oxygen atoms in total. The van der Waals surface area contributed by atoms with E-state index in [4.69, 9.17) is 10.5 Å². The average molecular weight is 254 g/mol. The molecular formula is C12H18N2O4. The lowest BCUT2D eigenvalue weighted by Crippen LogP contribution is -2.36. The van der Waals surface area contributed by atoms with Gasteiger partial charge in [-0.3, -0.25) is 14.4 Å². The van der Waals surface area contributed by atoms with E-state index in [1.807, 2.05) is 0 Å². The van der Waals surface area contributed by atoms with Crippen LogP contribution in [0.2, 0.25) is 0 Å². The van der Waals surface area contributed by atoms with Crippen molar-refractivity contribution in [2.75, 3.05) is 6.61 Å². The number of ether oxygens (including phenoxy) is 1. The minimum Gasteiger partial charge on any atom is -0.466 e. The van der Waals surface area contributed by atoms with Crippen LogP contribution < -0.4 is 11.1 Å². The standard InChI is InChI=1S/C12H18N2O4/c1-3-5-9(8-12(17)18-4-2)14-11(16)7-6-10(13)15/h9H,4,6-8H2,1-2H3,(H2,13,15)(H,14,16). The average Bonchev–Trinajstić information content (AvgIpc) is 2.27. The Bertz CT molecular complexity index is 368. The number of hydrogen-bond acceptors (Lipinski definition) is 4. The minimum atomic E-state index is -0.602. The van der Waals surface area contributed by atoms with E-state index >= 15 is 0 Å². The highest BCUT2D eigenvalue weighted by Gasteiger charge is 2.15. The fourth-order valence-electron chi connectivity index (χ4n) is 1.20. The van der Waals surface area contributed by atoms with Crippen molar-refractivity contribution in [3.8, 4) is 11.8 Å². The van der Waals surface area contributed by atoms with Gasteiger partial charge in [-0.25, -0.2) is 0 Å². The molecule has 0 radical (unpaired) electrons. The largest absolute Gasteiger partial charge is 0.466 e. The quantitative estimate of drug-likeness (QED) is 0.482. The molecule has 0 aromatic rings. The molecule has 0 fully saturated rings. The summed E-state index contributed by atoms with van der Waals surface area (Å²) in [4.78, 5) is 33.2. The molecule has 18 heavy (non-hydrogen) atoms. The van der Waals surface area contributed by atoms with Gasteiger partial charge in [0.1, 0.15) is 6.04 Å². The summed E-state index contributed by atoms with van der Waals surface area (Å²) in [6.45, 7) is 3.58. The number of amides is 2. The number of carbonyl (C=O) groups excluding carboxylic acids is 3. The van der Waals surface area contributed by atoms with E-state index in [-0.39, 0.29) is 31.8 Å². The fourth-order valence-corrected chi connectivity index (χ4v) is 1.20. The number of primary amides is 1. The molecule has 0 bridgehead atoms. The SMILES string of the molecule is CC#CC(CC(=O)OCC)NC(=O)CCC(N)=O. The van der Waals surface area contributed by atoms with Gasteiger partial charge < -0.3 is 15.8 Å². The lowest BCUT2D eigenvalue weighted by atomic mass is 10.2. The van der Waals surface area contributed by atoms with Crippen LogP contribution in [0.25, 0.3) is 0 Å². The summed E-state index contributed by atoms with van der Waals surface area (Å²) in [5, 5.41) is 2.54. The third-order valence-electron chi connectivity index (χ3n) is 1.93. The molecule has 0 heterocycles. The summed E-state index contributed by atoms with van der Waals surface area (Å²) < 4.78 is 4.77. The topological polar surface area (TPSA) is 98.5 Å². The van der Waals surface area contributed by atoms with Crippen molar-refractivity contribution in [2.45, 2.75) is 39.2 Å². The molecule has 0 spiro atoms. The molecule has 1 atom stereocenters. The zero-order valence-corrected chi connectivity index (χ0v) is 10.6. The highest BCUT2D eigenvalue weighted by molar-refractivity contribution is 5.83. The van der Waals surface area contributed by atoms with Gasteiger partial charge in [0.25, 0.3) is 0 Å². The van der Waals surface area contributed by atoms with Crippen molar-refractivity contribution in [3.63, 3.8) is 0 Å². The van der Waals surface area contributed by atoms with Crippen LogP contribution in [0.15, 0.2) is 0 Å². The van der Waals surface area contributed by atoms with Gasteiger partial charge in [-0.05, 0) is 13.8 Å². The van der Waals surface area contributed by atoms with Gasteiger partial charge in [-0.1, -0.05) is 5.92 Å². The van der Waals surface area contributed by atoms with Gasteiger partial charge >= 0.3 is 5.97 Å². The second kappa shape index (κ2) is 9.05. The smallest absolute Gasteiger partial charge is 0.308 e. The van der Waals surface area contributed by atoms with Gasteiger partial charge in [-0.15, -0.1) is 5.92 Å². The van der Waals surface area contributed by atoms with E-state index in [1.54, 1.807) is 13.8 Å². The second-order valence-corrected chi connectivity index (χ2v) is 3.49. The third-order valence-corrected chi connectivity index (χ3v) is 1.93. The molecule has 0 aromatic heterocycles. The predicted octanol–water partition coefficient (Wildman–Crippen LogP) is -0.287. The zero-order chi connectivity index (χ0) is 14.0. The van der Waals surface area contributed by atoms with Crippen molar-refractivity contribution < 1.29 is 19.1 Å². The van der Waals surface area contributed by atoms with Crippen LogP contribution in [0.4, 0.5) is 0 Å². The van der Waals surface area contributed by atoms with Crippen LogP contribution in [0.3, 0.4) is 0 Å². The maximum absolute atomic E-state index is 11.4. The summed E-state index contributed by atoms with van der Waals surface area (Å²) in [6, 6.07) is -0.602. The first-order valence-electron chi connectivity index (χ1n) is 5.65. The monoisotopic (exact) mass is 254 g/mol. The van der Waals surface area contributed by atoms with E-state index < -0.39 is 17.9 Å². The molecular weight excluding hydrogens is 236 g/mol. The Kier molecular flexibility index (Phi) is 8.03. The molecule has 2 amide bonds. The summed E-state index contributed by atoms with van der Waals surface area (Å²) in [5.41, 5.74) is 4.93. The van der Waals surface area contributed by atoms with Gasteiger partial charge in [0.05, 0.1) is 13.0 Å². The van der Waals surface area contributed by atoms with Crippen LogP contribution in [0.5, 0.6) is 0 Å². The molecule has 0 aliphatic carbocycles. The number of hydrogen-bond donors (Lipinski definition) is 2. The predicted molar refractivity (Wildman–Crippen MR) is 65.1 cm³/mol. The molecule has 6 heteroatoms. The summed E-state index contributed by atoms with van der Waals surface area (Å²) in [5.74, 6) is 3.97. The number of rotatable bonds is 7. The molecule has 1 unspecified atom stereocenters. The minimum absolute atomic E-state index is 0.0138. The molecule has 0 saturated carbocycles. The van der Waals surface area contributed by atoms with Crippen LogP contribution in [0, 0.1) is 11.8 Å². The van der Waals surface area contributed by atoms with E-state index in [9.17, 15) is 14.4 Å². The molecule has 0 aliphatic heterocycles. The lowest BCUT2D eigenvalue weighted by molar-refractivity contribution is -0.143. The van der Waals surface area contributed by atoms with Gasteiger partial charge in [0.2, 0.25) is 11.8 Å². The van der Waals surface area contributed by atoms with Gasteiger partial charge in [-0.2, -0.15) is 0 Å². The van der Waals surface area contributed by atoms with E-state index in [0.717, 1.165) is 0 Å². The molecule has 0 aliphatic rings.